The summed E-state index contributed by atoms with van der Waals surface area (Å²) in [5, 5.41) is 4.02. The van der Waals surface area contributed by atoms with Crippen LogP contribution >= 0.6 is 0 Å². The van der Waals surface area contributed by atoms with Crippen molar-refractivity contribution in [3.63, 3.8) is 0 Å². The van der Waals surface area contributed by atoms with Crippen LogP contribution in [0.15, 0.2) is 42.7 Å². The van der Waals surface area contributed by atoms with Gasteiger partial charge in [-0.2, -0.15) is 0 Å². The summed E-state index contributed by atoms with van der Waals surface area (Å²) in [5.41, 5.74) is 4.55. The summed E-state index contributed by atoms with van der Waals surface area (Å²) < 4.78 is 4.77. The van der Waals surface area contributed by atoms with Crippen molar-refractivity contribution in [3.8, 4) is 0 Å². The Kier molecular flexibility index (Phi) is 6.32. The van der Waals surface area contributed by atoms with Crippen LogP contribution in [0.2, 0.25) is 0 Å². The van der Waals surface area contributed by atoms with Crippen molar-refractivity contribution in [1.82, 2.24) is 14.9 Å². The first-order valence-electron chi connectivity index (χ1n) is 10.7. The minimum atomic E-state index is -0.312. The highest BCUT2D eigenvalue weighted by atomic mass is 16.5. The summed E-state index contributed by atoms with van der Waals surface area (Å²) in [6.45, 7) is 4.43. The number of hydrogen-bond donors (Lipinski definition) is 2. The van der Waals surface area contributed by atoms with Crippen LogP contribution in [0, 0.1) is 5.92 Å². The van der Waals surface area contributed by atoms with Crippen LogP contribution in [0.1, 0.15) is 41.3 Å². The zero-order chi connectivity index (χ0) is 21.8. The lowest BCUT2D eigenvalue weighted by Gasteiger charge is -2.33. The molecule has 1 aromatic carbocycles. The number of rotatable bonds is 6. The quantitative estimate of drug-likeness (QED) is 0.593. The van der Waals surface area contributed by atoms with Gasteiger partial charge in [0.05, 0.1) is 24.6 Å². The van der Waals surface area contributed by atoms with E-state index < -0.39 is 0 Å². The molecule has 1 aliphatic heterocycles. The molecule has 7 nitrogen and oxygen atoms in total. The molecule has 0 spiro atoms. The molecule has 3 heterocycles. The van der Waals surface area contributed by atoms with Crippen LogP contribution in [-0.4, -0.2) is 46.9 Å². The summed E-state index contributed by atoms with van der Waals surface area (Å²) in [5.74, 6) is 0.0997. The van der Waals surface area contributed by atoms with E-state index >= 15 is 0 Å². The Morgan fingerprint density at radius 3 is 2.81 bits per heavy atom. The van der Waals surface area contributed by atoms with Gasteiger partial charge in [0, 0.05) is 31.6 Å². The molecule has 0 radical (unpaired) electrons. The number of esters is 1. The van der Waals surface area contributed by atoms with E-state index in [1.54, 1.807) is 6.20 Å². The van der Waals surface area contributed by atoms with E-state index in [9.17, 15) is 9.59 Å². The third-order valence-electron chi connectivity index (χ3n) is 5.89. The van der Waals surface area contributed by atoms with Crippen LogP contribution < -0.4 is 5.32 Å². The number of piperidine rings is 1. The summed E-state index contributed by atoms with van der Waals surface area (Å²) in [4.78, 5) is 33.4. The first kappa shape index (κ1) is 21.1. The SMILES string of the molecule is COC(=O)c1ccc(CN2CCC[C@@H](Cc3c(NC(C)=O)cnc4[nH]ccc34)C2)cc1. The van der Waals surface area contributed by atoms with Crippen LogP contribution in [0.3, 0.4) is 0 Å². The van der Waals surface area contributed by atoms with Gasteiger partial charge in [-0.05, 0) is 61.1 Å². The number of ether oxygens (including phenoxy) is 1. The van der Waals surface area contributed by atoms with Gasteiger partial charge in [0.2, 0.25) is 5.91 Å². The zero-order valence-electron chi connectivity index (χ0n) is 18.0. The highest BCUT2D eigenvalue weighted by molar-refractivity contribution is 5.93. The molecular formula is C24H28N4O3. The van der Waals surface area contributed by atoms with Gasteiger partial charge in [-0.3, -0.25) is 9.69 Å². The van der Waals surface area contributed by atoms with E-state index in [1.165, 1.54) is 19.6 Å². The molecule has 1 atom stereocenters. The second-order valence-electron chi connectivity index (χ2n) is 8.21. The highest BCUT2D eigenvalue weighted by Crippen LogP contribution is 2.30. The first-order chi connectivity index (χ1) is 15.0. The number of H-pyrrole nitrogens is 1. The van der Waals surface area contributed by atoms with Gasteiger partial charge in [-0.15, -0.1) is 0 Å². The van der Waals surface area contributed by atoms with Crippen molar-refractivity contribution in [2.75, 3.05) is 25.5 Å². The Hall–Kier alpha value is -3.19. The number of benzene rings is 1. The molecule has 2 aromatic heterocycles. The van der Waals surface area contributed by atoms with Crippen molar-refractivity contribution >= 4 is 28.6 Å². The number of carbonyl (C=O) groups is 2. The average Bonchev–Trinajstić information content (AvgIpc) is 3.24. The molecule has 0 aliphatic carbocycles. The van der Waals surface area contributed by atoms with E-state index in [-0.39, 0.29) is 11.9 Å². The molecule has 1 fully saturated rings. The van der Waals surface area contributed by atoms with Gasteiger partial charge in [0.1, 0.15) is 5.65 Å². The maximum Gasteiger partial charge on any atom is 0.337 e. The molecule has 1 aliphatic rings. The van der Waals surface area contributed by atoms with Gasteiger partial charge in [0.25, 0.3) is 0 Å². The third-order valence-corrected chi connectivity index (χ3v) is 5.89. The smallest absolute Gasteiger partial charge is 0.337 e. The van der Waals surface area contributed by atoms with Gasteiger partial charge < -0.3 is 15.0 Å². The Morgan fingerprint density at radius 2 is 2.06 bits per heavy atom. The molecule has 162 valence electrons. The molecule has 4 rings (SSSR count). The molecule has 3 aromatic rings. The summed E-state index contributed by atoms with van der Waals surface area (Å²) >= 11 is 0. The zero-order valence-corrected chi connectivity index (χ0v) is 18.0. The van der Waals surface area contributed by atoms with Crippen molar-refractivity contribution < 1.29 is 14.3 Å². The van der Waals surface area contributed by atoms with Crippen LogP contribution in [-0.2, 0) is 22.5 Å². The summed E-state index contributed by atoms with van der Waals surface area (Å²) in [6, 6.07) is 9.67. The highest BCUT2D eigenvalue weighted by Gasteiger charge is 2.23. The first-order valence-corrected chi connectivity index (χ1v) is 10.7. The Balaban J connectivity index is 1.46. The number of pyridine rings is 1. The van der Waals surface area contributed by atoms with E-state index in [0.29, 0.717) is 11.5 Å². The minimum absolute atomic E-state index is 0.0846. The number of aromatic amines is 1. The molecule has 2 N–H and O–H groups in total. The third kappa shape index (κ3) is 4.94. The van der Waals surface area contributed by atoms with E-state index in [0.717, 1.165) is 61.2 Å². The fourth-order valence-electron chi connectivity index (χ4n) is 4.45. The Bertz CT molecular complexity index is 1070. The second-order valence-corrected chi connectivity index (χ2v) is 8.21. The number of hydrogen-bond acceptors (Lipinski definition) is 5. The predicted octanol–water partition coefficient (Wildman–Crippen LogP) is 3.76. The molecule has 31 heavy (non-hydrogen) atoms. The van der Waals surface area contributed by atoms with E-state index in [4.69, 9.17) is 4.74 Å². The van der Waals surface area contributed by atoms with E-state index in [1.807, 2.05) is 36.5 Å². The fraction of sp³-hybridized carbons (Fsp3) is 0.375. The van der Waals surface area contributed by atoms with Crippen LogP contribution in [0.4, 0.5) is 5.69 Å². The minimum Gasteiger partial charge on any atom is -0.465 e. The van der Waals surface area contributed by atoms with Crippen molar-refractivity contribution in [2.45, 2.75) is 32.7 Å². The van der Waals surface area contributed by atoms with Crippen LogP contribution in [0.5, 0.6) is 0 Å². The predicted molar refractivity (Wildman–Crippen MR) is 120 cm³/mol. The molecule has 1 saturated heterocycles. The number of nitrogens with one attached hydrogen (secondary N) is 2. The van der Waals surface area contributed by atoms with Gasteiger partial charge >= 0.3 is 5.97 Å². The van der Waals surface area contributed by atoms with Crippen molar-refractivity contribution in [2.24, 2.45) is 5.92 Å². The second kappa shape index (κ2) is 9.31. The normalized spacial score (nSPS) is 16.9. The summed E-state index contributed by atoms with van der Waals surface area (Å²) in [6.07, 6.45) is 6.83. The number of methoxy groups -OCH3 is 1. The molecule has 0 saturated carbocycles. The number of likely N-dealkylation sites (tertiary alicyclic amines) is 1. The maximum atomic E-state index is 11.7. The molecule has 1 amide bonds. The lowest BCUT2D eigenvalue weighted by molar-refractivity contribution is -0.114. The number of fused-ring (bicyclic) bond motifs is 1. The van der Waals surface area contributed by atoms with Gasteiger partial charge in [-0.25, -0.2) is 9.78 Å². The molecule has 0 unspecified atom stereocenters. The average molecular weight is 421 g/mol. The monoisotopic (exact) mass is 420 g/mol. The fourth-order valence-corrected chi connectivity index (χ4v) is 4.45. The molecular weight excluding hydrogens is 392 g/mol. The number of anilines is 1. The molecule has 7 heteroatoms. The van der Waals surface area contributed by atoms with Crippen molar-refractivity contribution in [1.29, 1.82) is 0 Å². The number of nitrogens with zero attached hydrogens (tertiary/aromatic N) is 2. The number of amides is 1. The Labute approximate surface area is 181 Å². The van der Waals surface area contributed by atoms with Gasteiger partial charge in [0.15, 0.2) is 0 Å². The largest absolute Gasteiger partial charge is 0.465 e. The number of carbonyl (C=O) groups excluding carboxylic acids is 2. The standard InChI is InChI=1S/C24H28N4O3/c1-16(29)27-22-13-26-23-20(9-10-25-23)21(22)12-18-4-3-11-28(15-18)14-17-5-7-19(8-6-17)24(30)31-2/h5-10,13,18H,3-4,11-12,14-15H2,1-2H3,(H,25,26)(H,27,29)/t18-/m0/s1. The lowest BCUT2D eigenvalue weighted by atomic mass is 9.89. The Morgan fingerprint density at radius 1 is 1.26 bits per heavy atom. The maximum absolute atomic E-state index is 11.7. The topological polar surface area (TPSA) is 87.3 Å². The van der Waals surface area contributed by atoms with Crippen LogP contribution in [0.25, 0.3) is 11.0 Å². The van der Waals surface area contributed by atoms with Gasteiger partial charge in [-0.1, -0.05) is 12.1 Å². The lowest BCUT2D eigenvalue weighted by Crippen LogP contribution is -2.35. The van der Waals surface area contributed by atoms with E-state index in [2.05, 4.69) is 20.2 Å². The molecule has 0 bridgehead atoms. The number of aromatic nitrogens is 2. The summed E-state index contributed by atoms with van der Waals surface area (Å²) in [7, 11) is 1.39. The van der Waals surface area contributed by atoms with Crippen molar-refractivity contribution in [3.05, 3.63) is 59.4 Å².